The number of anilines is 1. The molecule has 4 heterocycles. The maximum atomic E-state index is 6.28. The molecule has 6 rings (SSSR count). The van der Waals surface area contributed by atoms with Crippen LogP contribution in [-0.2, 0) is 22.7 Å². The van der Waals surface area contributed by atoms with Gasteiger partial charge in [0.15, 0.2) is 5.79 Å². The molecule has 206 valence electrons. The summed E-state index contributed by atoms with van der Waals surface area (Å²) < 4.78 is 24.2. The SMILES string of the molecule is Cc1cc(-c2ccc(OCc3ccccc3)nc2OCc2ccccc2)nc(C)c1N1CCC2(CC1)OCCO2. The predicted octanol–water partition coefficient (Wildman–Crippen LogP) is 6.26. The van der Waals surface area contributed by atoms with Gasteiger partial charge in [0.1, 0.15) is 13.2 Å². The molecule has 0 radical (unpaired) electrons. The summed E-state index contributed by atoms with van der Waals surface area (Å²) in [5.74, 6) is 0.621. The molecule has 7 heteroatoms. The molecule has 0 atom stereocenters. The maximum Gasteiger partial charge on any atom is 0.226 e. The zero-order valence-electron chi connectivity index (χ0n) is 23.1. The molecule has 2 aromatic carbocycles. The minimum absolute atomic E-state index is 0.396. The summed E-state index contributed by atoms with van der Waals surface area (Å²) in [6, 6.07) is 26.2. The van der Waals surface area contributed by atoms with Gasteiger partial charge in [-0.1, -0.05) is 60.7 Å². The highest BCUT2D eigenvalue weighted by Crippen LogP contribution is 2.37. The smallest absolute Gasteiger partial charge is 0.226 e. The fourth-order valence-electron chi connectivity index (χ4n) is 5.56. The largest absolute Gasteiger partial charge is 0.473 e. The molecule has 2 fully saturated rings. The number of benzene rings is 2. The number of hydrogen-bond acceptors (Lipinski definition) is 7. The van der Waals surface area contributed by atoms with Crippen molar-refractivity contribution >= 4 is 5.69 Å². The molecular formula is C33H35N3O4. The van der Waals surface area contributed by atoms with E-state index in [0.29, 0.717) is 38.2 Å². The van der Waals surface area contributed by atoms with Gasteiger partial charge in [0.2, 0.25) is 11.8 Å². The highest BCUT2D eigenvalue weighted by atomic mass is 16.7. The monoisotopic (exact) mass is 537 g/mol. The molecule has 2 aromatic heterocycles. The lowest BCUT2D eigenvalue weighted by Crippen LogP contribution is -2.45. The predicted molar refractivity (Wildman–Crippen MR) is 155 cm³/mol. The number of piperidine rings is 1. The van der Waals surface area contributed by atoms with Crippen LogP contribution in [0.1, 0.15) is 35.2 Å². The lowest BCUT2D eigenvalue weighted by molar-refractivity contribution is -0.169. The Labute approximate surface area is 235 Å². The zero-order valence-corrected chi connectivity index (χ0v) is 23.1. The second-order valence-electron chi connectivity index (χ2n) is 10.4. The van der Waals surface area contributed by atoms with Crippen LogP contribution in [0.2, 0.25) is 0 Å². The van der Waals surface area contributed by atoms with Gasteiger partial charge in [-0.2, -0.15) is 4.98 Å². The van der Waals surface area contributed by atoms with Crippen molar-refractivity contribution in [3.8, 4) is 23.0 Å². The van der Waals surface area contributed by atoms with Gasteiger partial charge in [0.05, 0.1) is 35.9 Å². The highest BCUT2D eigenvalue weighted by Gasteiger charge is 2.40. The van der Waals surface area contributed by atoms with Gasteiger partial charge in [0, 0.05) is 32.0 Å². The van der Waals surface area contributed by atoms with Crippen LogP contribution >= 0.6 is 0 Å². The average Bonchev–Trinajstić information content (AvgIpc) is 3.44. The van der Waals surface area contributed by atoms with E-state index in [-0.39, 0.29) is 0 Å². The van der Waals surface area contributed by atoms with Gasteiger partial charge in [-0.15, -0.1) is 0 Å². The Kier molecular flexibility index (Phi) is 7.66. The Morgan fingerprint density at radius 2 is 1.40 bits per heavy atom. The summed E-state index contributed by atoms with van der Waals surface area (Å²) in [4.78, 5) is 12.2. The van der Waals surface area contributed by atoms with Crippen LogP contribution in [0.25, 0.3) is 11.3 Å². The molecule has 0 N–H and O–H groups in total. The number of aromatic nitrogens is 2. The Morgan fingerprint density at radius 1 is 0.775 bits per heavy atom. The molecule has 2 saturated heterocycles. The lowest BCUT2D eigenvalue weighted by atomic mass is 10.0. The van der Waals surface area contributed by atoms with Gasteiger partial charge in [-0.3, -0.25) is 4.98 Å². The topological polar surface area (TPSA) is 65.9 Å². The maximum absolute atomic E-state index is 6.28. The summed E-state index contributed by atoms with van der Waals surface area (Å²) >= 11 is 0. The van der Waals surface area contributed by atoms with Crippen molar-refractivity contribution in [2.45, 2.75) is 45.7 Å². The second kappa shape index (κ2) is 11.7. The van der Waals surface area contributed by atoms with Crippen LogP contribution in [0.3, 0.4) is 0 Å². The normalized spacial score (nSPS) is 16.3. The van der Waals surface area contributed by atoms with Crippen molar-refractivity contribution in [2.75, 3.05) is 31.2 Å². The quantitative estimate of drug-likeness (QED) is 0.263. The first-order chi connectivity index (χ1) is 19.6. The van der Waals surface area contributed by atoms with Crippen molar-refractivity contribution < 1.29 is 18.9 Å². The van der Waals surface area contributed by atoms with Crippen LogP contribution in [0.15, 0.2) is 78.9 Å². The van der Waals surface area contributed by atoms with Crippen molar-refractivity contribution in [3.05, 3.63) is 101 Å². The third-order valence-electron chi connectivity index (χ3n) is 7.57. The Balaban J connectivity index is 1.26. The third-order valence-corrected chi connectivity index (χ3v) is 7.57. The summed E-state index contributed by atoms with van der Waals surface area (Å²) in [5.41, 5.74) is 7.16. The van der Waals surface area contributed by atoms with Crippen LogP contribution in [0.4, 0.5) is 5.69 Å². The van der Waals surface area contributed by atoms with Crippen molar-refractivity contribution in [2.24, 2.45) is 0 Å². The summed E-state index contributed by atoms with van der Waals surface area (Å²) in [7, 11) is 0. The number of nitrogens with zero attached hydrogens (tertiary/aromatic N) is 3. The molecule has 0 unspecified atom stereocenters. The summed E-state index contributed by atoms with van der Waals surface area (Å²) in [5, 5.41) is 0. The van der Waals surface area contributed by atoms with E-state index >= 15 is 0 Å². The Morgan fingerprint density at radius 3 is 2.02 bits per heavy atom. The van der Waals surface area contributed by atoms with E-state index in [1.54, 1.807) is 0 Å². The Hall–Kier alpha value is -3.94. The van der Waals surface area contributed by atoms with Gasteiger partial charge in [0.25, 0.3) is 0 Å². The molecule has 40 heavy (non-hydrogen) atoms. The molecular weight excluding hydrogens is 502 g/mol. The van der Waals surface area contributed by atoms with Gasteiger partial charge in [-0.25, -0.2) is 0 Å². The van der Waals surface area contributed by atoms with E-state index in [4.69, 9.17) is 28.9 Å². The van der Waals surface area contributed by atoms with Crippen LogP contribution in [0.5, 0.6) is 11.8 Å². The number of hydrogen-bond donors (Lipinski definition) is 0. The first-order valence-corrected chi connectivity index (χ1v) is 13.9. The van der Waals surface area contributed by atoms with E-state index in [1.807, 2.05) is 72.8 Å². The van der Waals surface area contributed by atoms with Gasteiger partial charge in [-0.05, 0) is 42.7 Å². The standard InChI is InChI=1S/C33H35N3O4/c1-24-21-29(34-25(2)31(24)36-17-15-33(16-18-36)39-19-20-40-33)28-13-14-30(37-22-26-9-5-3-6-10-26)35-32(28)38-23-27-11-7-4-8-12-27/h3-14,21H,15-20,22-23H2,1-2H3. The fourth-order valence-corrected chi connectivity index (χ4v) is 5.56. The van der Waals surface area contributed by atoms with Gasteiger partial charge >= 0.3 is 0 Å². The number of rotatable bonds is 8. The van der Waals surface area contributed by atoms with Crippen LogP contribution in [-0.4, -0.2) is 42.1 Å². The highest BCUT2D eigenvalue weighted by molar-refractivity contribution is 5.70. The number of pyridine rings is 2. The van der Waals surface area contributed by atoms with E-state index in [1.165, 1.54) is 11.3 Å². The third kappa shape index (κ3) is 5.81. The molecule has 0 amide bonds. The number of aryl methyl sites for hydroxylation is 2. The van der Waals surface area contributed by atoms with Crippen LogP contribution in [0, 0.1) is 13.8 Å². The fraction of sp³-hybridized carbons (Fsp3) is 0.333. The van der Waals surface area contributed by atoms with E-state index in [2.05, 4.69) is 24.8 Å². The minimum atomic E-state index is -0.396. The van der Waals surface area contributed by atoms with Crippen molar-refractivity contribution in [3.63, 3.8) is 0 Å². The first-order valence-electron chi connectivity index (χ1n) is 13.9. The minimum Gasteiger partial charge on any atom is -0.473 e. The Bertz CT molecular complexity index is 1410. The van der Waals surface area contributed by atoms with E-state index < -0.39 is 5.79 Å². The van der Waals surface area contributed by atoms with Crippen molar-refractivity contribution in [1.29, 1.82) is 0 Å². The first kappa shape index (κ1) is 26.3. The zero-order chi connectivity index (χ0) is 27.4. The molecule has 0 aliphatic carbocycles. The average molecular weight is 538 g/mol. The van der Waals surface area contributed by atoms with Crippen molar-refractivity contribution in [1.82, 2.24) is 9.97 Å². The van der Waals surface area contributed by atoms with Crippen LogP contribution < -0.4 is 14.4 Å². The van der Waals surface area contributed by atoms with E-state index in [0.717, 1.165) is 54.0 Å². The summed E-state index contributed by atoms with van der Waals surface area (Å²) in [6.07, 6.45) is 1.72. The lowest BCUT2D eigenvalue weighted by Gasteiger charge is -2.39. The molecule has 0 bridgehead atoms. The molecule has 1 spiro atoms. The van der Waals surface area contributed by atoms with E-state index in [9.17, 15) is 0 Å². The molecule has 7 nitrogen and oxygen atoms in total. The molecule has 2 aliphatic rings. The van der Waals surface area contributed by atoms with Gasteiger partial charge < -0.3 is 23.8 Å². The molecule has 0 saturated carbocycles. The summed E-state index contributed by atoms with van der Waals surface area (Å²) in [6.45, 7) is 8.19. The molecule has 2 aliphatic heterocycles. The second-order valence-corrected chi connectivity index (χ2v) is 10.4. The number of ether oxygens (including phenoxy) is 4. The molecule has 4 aromatic rings.